The van der Waals surface area contributed by atoms with Gasteiger partial charge in [0, 0.05) is 58.2 Å². The predicted molar refractivity (Wildman–Crippen MR) is 221 cm³/mol. The van der Waals surface area contributed by atoms with Gasteiger partial charge in [0.1, 0.15) is 5.58 Å². The Labute approximate surface area is 301 Å². The van der Waals surface area contributed by atoms with Crippen LogP contribution < -0.4 is 0 Å². The Bertz CT molecular complexity index is 3410. The highest BCUT2D eigenvalue weighted by Gasteiger charge is 2.22. The van der Waals surface area contributed by atoms with E-state index in [1.807, 2.05) is 11.3 Å². The van der Waals surface area contributed by atoms with Crippen LogP contribution in [0.1, 0.15) is 0 Å². The third-order valence-electron chi connectivity index (χ3n) is 10.9. The molecule has 4 heterocycles. The topological polar surface area (TPSA) is 23.0 Å². The summed E-state index contributed by atoms with van der Waals surface area (Å²) in [6.07, 6.45) is 0. The van der Waals surface area contributed by atoms with Crippen LogP contribution in [0.5, 0.6) is 0 Å². The van der Waals surface area contributed by atoms with Crippen LogP contribution in [0.15, 0.2) is 174 Å². The number of nitrogens with zero attached hydrogens (tertiary/aromatic N) is 2. The van der Waals surface area contributed by atoms with Crippen LogP contribution in [0.3, 0.4) is 0 Å². The van der Waals surface area contributed by atoms with Crippen molar-refractivity contribution in [2.75, 3.05) is 0 Å². The molecule has 12 aromatic rings. The highest BCUT2D eigenvalue weighted by Crippen LogP contribution is 2.44. The van der Waals surface area contributed by atoms with Crippen molar-refractivity contribution in [2.24, 2.45) is 0 Å². The van der Waals surface area contributed by atoms with E-state index in [2.05, 4.69) is 179 Å². The molecule has 0 fully saturated rings. The average molecular weight is 681 g/mol. The zero-order valence-electron chi connectivity index (χ0n) is 27.9. The highest BCUT2D eigenvalue weighted by molar-refractivity contribution is 7.25. The fourth-order valence-corrected chi connectivity index (χ4v) is 9.76. The van der Waals surface area contributed by atoms with Crippen LogP contribution >= 0.6 is 11.3 Å². The first-order chi connectivity index (χ1) is 25.8. The van der Waals surface area contributed by atoms with E-state index in [0.717, 1.165) is 49.9 Å². The van der Waals surface area contributed by atoms with Crippen LogP contribution in [0.2, 0.25) is 0 Å². The van der Waals surface area contributed by atoms with Gasteiger partial charge < -0.3 is 13.6 Å². The lowest BCUT2D eigenvalue weighted by molar-refractivity contribution is 0.666. The van der Waals surface area contributed by atoms with Gasteiger partial charge in [0.15, 0.2) is 5.58 Å². The SMILES string of the molecule is c1ccc(-n2c3ccccc3c3c4c5ccccc5n(-c5cccc6c5oc5cc(-c7ccc8sc9ccccc9c8c7)ccc56)c4ccc32)cc1. The maximum absolute atomic E-state index is 6.91. The molecular formula is C48H28N2OS. The Kier molecular flexibility index (Phi) is 5.65. The molecule has 0 N–H and O–H groups in total. The van der Waals surface area contributed by atoms with Gasteiger partial charge in [-0.3, -0.25) is 0 Å². The van der Waals surface area contributed by atoms with E-state index in [0.29, 0.717) is 0 Å². The molecule has 4 heteroatoms. The van der Waals surface area contributed by atoms with Crippen molar-refractivity contribution < 1.29 is 4.42 Å². The Morgan fingerprint density at radius 2 is 1.00 bits per heavy atom. The van der Waals surface area contributed by atoms with Gasteiger partial charge in [0.2, 0.25) is 0 Å². The van der Waals surface area contributed by atoms with Gasteiger partial charge in [-0.1, -0.05) is 97.1 Å². The van der Waals surface area contributed by atoms with Gasteiger partial charge in [-0.25, -0.2) is 0 Å². The number of aromatic nitrogens is 2. The van der Waals surface area contributed by atoms with Crippen molar-refractivity contribution in [3.05, 3.63) is 170 Å². The van der Waals surface area contributed by atoms with Crippen LogP contribution in [0.25, 0.3) is 108 Å². The number of fused-ring (bicyclic) bond motifs is 13. The standard InChI is InChI=1S/C48H28N2OS/c1-2-11-31(12-3-1)49-38-17-7-4-14-35(38)46-40(49)24-25-41-47(46)36-15-5-8-18-39(36)50(41)42-19-10-16-34-32-23-21-30(28-43(32)51-48(34)42)29-22-26-45-37(27-29)33-13-6-9-20-44(33)52-45/h1-28H. The summed E-state index contributed by atoms with van der Waals surface area (Å²) in [5.41, 5.74) is 11.1. The number of para-hydroxylation sites is 4. The summed E-state index contributed by atoms with van der Waals surface area (Å²) in [5, 5.41) is 9.85. The molecule has 0 bridgehead atoms. The number of benzene rings is 8. The molecule has 0 saturated carbocycles. The molecule has 0 radical (unpaired) electrons. The minimum Gasteiger partial charge on any atom is -0.454 e. The van der Waals surface area contributed by atoms with Gasteiger partial charge in [-0.2, -0.15) is 0 Å². The van der Waals surface area contributed by atoms with Gasteiger partial charge in [-0.15, -0.1) is 11.3 Å². The minimum atomic E-state index is 0.892. The Hall–Kier alpha value is -6.62. The van der Waals surface area contributed by atoms with Crippen molar-refractivity contribution in [1.82, 2.24) is 9.13 Å². The maximum Gasteiger partial charge on any atom is 0.159 e. The van der Waals surface area contributed by atoms with Crippen molar-refractivity contribution in [3.8, 4) is 22.5 Å². The zero-order chi connectivity index (χ0) is 33.9. The highest BCUT2D eigenvalue weighted by atomic mass is 32.1. The van der Waals surface area contributed by atoms with Gasteiger partial charge in [0.25, 0.3) is 0 Å². The molecule has 8 aromatic carbocycles. The Morgan fingerprint density at radius 3 is 1.81 bits per heavy atom. The lowest BCUT2D eigenvalue weighted by atomic mass is 10.0. The summed E-state index contributed by atoms with van der Waals surface area (Å²) in [7, 11) is 0. The largest absolute Gasteiger partial charge is 0.454 e. The van der Waals surface area contributed by atoms with E-state index in [1.165, 1.54) is 58.3 Å². The number of furan rings is 1. The molecule has 3 nitrogen and oxygen atoms in total. The normalized spacial score (nSPS) is 12.2. The van der Waals surface area contributed by atoms with Crippen molar-refractivity contribution in [3.63, 3.8) is 0 Å². The second-order valence-electron chi connectivity index (χ2n) is 13.7. The second kappa shape index (κ2) is 10.5. The lowest BCUT2D eigenvalue weighted by Crippen LogP contribution is -1.95. The molecule has 0 aliphatic carbocycles. The molecule has 0 amide bonds. The molecule has 0 aliphatic rings. The first-order valence-electron chi connectivity index (χ1n) is 17.7. The minimum absolute atomic E-state index is 0.892. The molecule has 0 spiro atoms. The average Bonchev–Trinajstić information content (AvgIpc) is 3.95. The summed E-state index contributed by atoms with van der Waals surface area (Å²) in [6.45, 7) is 0. The van der Waals surface area contributed by atoms with E-state index >= 15 is 0 Å². The third kappa shape index (κ3) is 3.79. The quantitative estimate of drug-likeness (QED) is 0.182. The van der Waals surface area contributed by atoms with E-state index in [4.69, 9.17) is 4.42 Å². The van der Waals surface area contributed by atoms with Gasteiger partial charge >= 0.3 is 0 Å². The first kappa shape index (κ1) is 28.1. The summed E-state index contributed by atoms with van der Waals surface area (Å²) in [6, 6.07) is 61.6. The van der Waals surface area contributed by atoms with Gasteiger partial charge in [0.05, 0.1) is 27.8 Å². The van der Waals surface area contributed by atoms with E-state index in [-0.39, 0.29) is 0 Å². The summed E-state index contributed by atoms with van der Waals surface area (Å²) >= 11 is 1.85. The van der Waals surface area contributed by atoms with E-state index < -0.39 is 0 Å². The molecule has 0 atom stereocenters. The molecule has 12 rings (SSSR count). The lowest BCUT2D eigenvalue weighted by Gasteiger charge is -2.09. The maximum atomic E-state index is 6.91. The smallest absolute Gasteiger partial charge is 0.159 e. The molecule has 242 valence electrons. The number of rotatable bonds is 3. The van der Waals surface area contributed by atoms with Gasteiger partial charge in [-0.05, 0) is 83.9 Å². The van der Waals surface area contributed by atoms with E-state index in [9.17, 15) is 0 Å². The van der Waals surface area contributed by atoms with Crippen LogP contribution in [0, 0.1) is 0 Å². The zero-order valence-corrected chi connectivity index (χ0v) is 28.7. The summed E-state index contributed by atoms with van der Waals surface area (Å²) in [4.78, 5) is 0. The van der Waals surface area contributed by atoms with Crippen LogP contribution in [0.4, 0.5) is 0 Å². The summed E-state index contributed by atoms with van der Waals surface area (Å²) < 4.78 is 14.3. The molecule has 52 heavy (non-hydrogen) atoms. The molecule has 0 unspecified atom stereocenters. The van der Waals surface area contributed by atoms with Crippen molar-refractivity contribution in [1.29, 1.82) is 0 Å². The second-order valence-corrected chi connectivity index (χ2v) is 14.8. The monoisotopic (exact) mass is 680 g/mol. The molecular weight excluding hydrogens is 653 g/mol. The molecule has 0 saturated heterocycles. The Morgan fingerprint density at radius 1 is 0.385 bits per heavy atom. The number of thiophene rings is 1. The van der Waals surface area contributed by atoms with Crippen molar-refractivity contribution >= 4 is 97.1 Å². The molecule has 0 aliphatic heterocycles. The fraction of sp³-hybridized carbons (Fsp3) is 0. The molecule has 4 aromatic heterocycles. The summed E-state index contributed by atoms with van der Waals surface area (Å²) in [5.74, 6) is 0. The predicted octanol–water partition coefficient (Wildman–Crippen LogP) is 13.8. The fourth-order valence-electron chi connectivity index (χ4n) is 8.68. The number of hydrogen-bond acceptors (Lipinski definition) is 2. The van der Waals surface area contributed by atoms with Crippen LogP contribution in [-0.4, -0.2) is 9.13 Å². The number of hydrogen-bond donors (Lipinski definition) is 0. The van der Waals surface area contributed by atoms with E-state index in [1.54, 1.807) is 0 Å². The van der Waals surface area contributed by atoms with Crippen LogP contribution in [-0.2, 0) is 0 Å². The van der Waals surface area contributed by atoms with Crippen molar-refractivity contribution in [2.45, 2.75) is 0 Å². The first-order valence-corrected chi connectivity index (χ1v) is 18.5. The third-order valence-corrected chi connectivity index (χ3v) is 12.1. The Balaban J connectivity index is 1.10.